The molecule has 2 unspecified atom stereocenters. The van der Waals surface area contributed by atoms with Gasteiger partial charge in [0.2, 0.25) is 0 Å². The van der Waals surface area contributed by atoms with Crippen LogP contribution in [0.15, 0.2) is 30.3 Å². The zero-order chi connectivity index (χ0) is 15.3. The fourth-order valence-electron chi connectivity index (χ4n) is 1.99. The molecule has 0 fully saturated rings. The maximum absolute atomic E-state index is 12.4. The average Bonchev–Trinajstić information content (AvgIpc) is 2.44. The van der Waals surface area contributed by atoms with E-state index in [0.29, 0.717) is 5.56 Å². The second-order valence-electron chi connectivity index (χ2n) is 4.55. The first-order valence-electron chi connectivity index (χ1n) is 5.99. The Kier molecular flexibility index (Phi) is 4.99. The summed E-state index contributed by atoms with van der Waals surface area (Å²) in [5.41, 5.74) is 4.39. The van der Waals surface area contributed by atoms with E-state index in [9.17, 15) is 14.4 Å². The molecule has 0 aromatic heterocycles. The van der Waals surface area contributed by atoms with Gasteiger partial charge in [-0.2, -0.15) is 0 Å². The molecule has 0 bridgehead atoms. The molecule has 0 aliphatic heterocycles. The van der Waals surface area contributed by atoms with E-state index in [0.717, 1.165) is 0 Å². The minimum atomic E-state index is -1.62. The molecule has 3 N–H and O–H groups in total. The van der Waals surface area contributed by atoms with Crippen molar-refractivity contribution in [3.63, 3.8) is 0 Å². The lowest BCUT2D eigenvalue weighted by molar-refractivity contribution is -0.152. The molecule has 108 valence electrons. The molecular weight excluding hydrogens is 262 g/mol. The van der Waals surface area contributed by atoms with Gasteiger partial charge in [-0.3, -0.25) is 14.4 Å². The highest BCUT2D eigenvalue weighted by Gasteiger charge is 2.46. The molecule has 0 aliphatic carbocycles. The quantitative estimate of drug-likeness (QED) is 0.579. The summed E-state index contributed by atoms with van der Waals surface area (Å²) in [7, 11) is 1.17. The summed E-state index contributed by atoms with van der Waals surface area (Å²) in [4.78, 5) is 35.1. The number of carbonyl (C=O) groups is 3. The molecule has 20 heavy (non-hydrogen) atoms. The fourth-order valence-corrected chi connectivity index (χ4v) is 1.99. The van der Waals surface area contributed by atoms with Gasteiger partial charge in [-0.15, -0.1) is 0 Å². The van der Waals surface area contributed by atoms with Crippen LogP contribution in [0.2, 0.25) is 0 Å². The van der Waals surface area contributed by atoms with Gasteiger partial charge < -0.3 is 15.6 Å². The lowest BCUT2D eigenvalue weighted by Gasteiger charge is -2.28. The van der Waals surface area contributed by atoms with Crippen molar-refractivity contribution in [2.45, 2.75) is 24.8 Å². The van der Waals surface area contributed by atoms with E-state index in [1.165, 1.54) is 14.0 Å². The van der Waals surface area contributed by atoms with Crippen molar-refractivity contribution in [3.05, 3.63) is 35.9 Å². The number of carboxylic acid groups (broad SMARTS) is 1. The Labute approximate surface area is 116 Å². The molecule has 0 heterocycles. The van der Waals surface area contributed by atoms with Crippen molar-refractivity contribution in [2.75, 3.05) is 7.11 Å². The van der Waals surface area contributed by atoms with Crippen LogP contribution in [0.1, 0.15) is 18.9 Å². The first-order valence-corrected chi connectivity index (χ1v) is 5.99. The Morgan fingerprint density at radius 2 is 1.85 bits per heavy atom. The largest absolute Gasteiger partial charge is 0.481 e. The predicted octanol–water partition coefficient (Wildman–Crippen LogP) is 0.488. The van der Waals surface area contributed by atoms with Gasteiger partial charge >= 0.3 is 11.9 Å². The highest BCUT2D eigenvalue weighted by Crippen LogP contribution is 2.28. The molecule has 6 heteroatoms. The van der Waals surface area contributed by atoms with E-state index in [1.54, 1.807) is 30.3 Å². The number of benzene rings is 1. The monoisotopic (exact) mass is 279 g/mol. The molecule has 0 aliphatic rings. The van der Waals surface area contributed by atoms with Crippen molar-refractivity contribution < 1.29 is 24.2 Å². The summed E-state index contributed by atoms with van der Waals surface area (Å²) in [6.45, 7) is 1.39. The van der Waals surface area contributed by atoms with Gasteiger partial charge in [0.25, 0.3) is 0 Å². The molecule has 0 saturated heterocycles. The maximum atomic E-state index is 12.4. The summed E-state index contributed by atoms with van der Waals surface area (Å²) in [6, 6.07) is 7.00. The number of ether oxygens (including phenoxy) is 1. The minimum Gasteiger partial charge on any atom is -0.481 e. The first kappa shape index (κ1) is 15.8. The minimum absolute atomic E-state index is 0.415. The second kappa shape index (κ2) is 6.29. The number of rotatable bonds is 6. The Morgan fingerprint density at radius 3 is 2.30 bits per heavy atom. The second-order valence-corrected chi connectivity index (χ2v) is 4.55. The summed E-state index contributed by atoms with van der Waals surface area (Å²) in [5, 5.41) is 8.72. The molecule has 1 aromatic carbocycles. The number of esters is 1. The number of nitrogens with two attached hydrogens (primary N) is 1. The van der Waals surface area contributed by atoms with Gasteiger partial charge in [-0.25, -0.2) is 0 Å². The molecule has 0 amide bonds. The van der Waals surface area contributed by atoms with Crippen molar-refractivity contribution in [3.8, 4) is 0 Å². The smallest absolute Gasteiger partial charge is 0.323 e. The van der Waals surface area contributed by atoms with Gasteiger partial charge in [0.05, 0.1) is 19.6 Å². The normalized spacial score (nSPS) is 14.9. The number of methoxy groups -OCH3 is 1. The standard InChI is InChI=1S/C14H17NO5/c1-14(13(19)20-2,9-6-4-3-5-7-9)12(18)10(15)8-11(16)17/h3-7,10H,8,15H2,1-2H3,(H,16,17). The Balaban J connectivity index is 3.23. The fraction of sp³-hybridized carbons (Fsp3) is 0.357. The number of Topliss-reactive ketones (excluding diaryl/α,β-unsaturated/α-hetero) is 1. The van der Waals surface area contributed by atoms with E-state index >= 15 is 0 Å². The lowest BCUT2D eigenvalue weighted by atomic mass is 9.75. The molecule has 2 atom stereocenters. The third-order valence-corrected chi connectivity index (χ3v) is 3.17. The van der Waals surface area contributed by atoms with E-state index in [2.05, 4.69) is 4.74 Å². The molecular formula is C14H17NO5. The van der Waals surface area contributed by atoms with Crippen molar-refractivity contribution in [2.24, 2.45) is 5.73 Å². The van der Waals surface area contributed by atoms with Crippen molar-refractivity contribution in [1.29, 1.82) is 0 Å². The molecule has 0 saturated carbocycles. The van der Waals surface area contributed by atoms with E-state index in [4.69, 9.17) is 10.8 Å². The number of carbonyl (C=O) groups excluding carboxylic acids is 2. The Bertz CT molecular complexity index is 514. The van der Waals surface area contributed by atoms with Crippen LogP contribution in [-0.4, -0.2) is 36.0 Å². The molecule has 0 spiro atoms. The summed E-state index contributed by atoms with van der Waals surface area (Å²) in [5.74, 6) is -2.65. The SMILES string of the molecule is COC(=O)C(C)(C(=O)C(N)CC(=O)O)c1ccccc1. The van der Waals surface area contributed by atoms with Gasteiger partial charge in [-0.05, 0) is 12.5 Å². The summed E-state index contributed by atoms with van der Waals surface area (Å²) in [6.07, 6.45) is -0.543. The van der Waals surface area contributed by atoms with E-state index in [-0.39, 0.29) is 0 Å². The van der Waals surface area contributed by atoms with Gasteiger partial charge in [0.1, 0.15) is 5.41 Å². The zero-order valence-corrected chi connectivity index (χ0v) is 11.3. The average molecular weight is 279 g/mol. The van der Waals surface area contributed by atoms with Crippen molar-refractivity contribution >= 4 is 17.7 Å². The van der Waals surface area contributed by atoms with Crippen LogP contribution in [0, 0.1) is 0 Å². The lowest BCUT2D eigenvalue weighted by Crippen LogP contribution is -2.50. The van der Waals surface area contributed by atoms with Crippen LogP contribution in [0.3, 0.4) is 0 Å². The Morgan fingerprint density at radius 1 is 1.30 bits per heavy atom. The van der Waals surface area contributed by atoms with Crippen LogP contribution in [0.25, 0.3) is 0 Å². The van der Waals surface area contributed by atoms with E-state index in [1.807, 2.05) is 0 Å². The third-order valence-electron chi connectivity index (χ3n) is 3.17. The molecule has 6 nitrogen and oxygen atoms in total. The predicted molar refractivity (Wildman–Crippen MR) is 71.0 cm³/mol. The number of hydrogen-bond donors (Lipinski definition) is 2. The van der Waals surface area contributed by atoms with E-state index < -0.39 is 35.6 Å². The van der Waals surface area contributed by atoms with Crippen molar-refractivity contribution in [1.82, 2.24) is 0 Å². The zero-order valence-electron chi connectivity index (χ0n) is 11.3. The van der Waals surface area contributed by atoms with Crippen LogP contribution < -0.4 is 5.73 Å². The Hall–Kier alpha value is -2.21. The van der Waals surface area contributed by atoms with Gasteiger partial charge in [-0.1, -0.05) is 30.3 Å². The number of carboxylic acids is 1. The summed E-state index contributed by atoms with van der Waals surface area (Å²) < 4.78 is 4.68. The molecule has 1 aromatic rings. The number of ketones is 1. The molecule has 1 rings (SSSR count). The van der Waals surface area contributed by atoms with Crippen LogP contribution in [0.4, 0.5) is 0 Å². The van der Waals surface area contributed by atoms with Gasteiger partial charge in [0, 0.05) is 0 Å². The van der Waals surface area contributed by atoms with Crippen LogP contribution >= 0.6 is 0 Å². The van der Waals surface area contributed by atoms with Gasteiger partial charge in [0.15, 0.2) is 5.78 Å². The van der Waals surface area contributed by atoms with Crippen LogP contribution in [-0.2, 0) is 24.5 Å². The van der Waals surface area contributed by atoms with Crippen LogP contribution in [0.5, 0.6) is 0 Å². The topological polar surface area (TPSA) is 107 Å². The molecule has 0 radical (unpaired) electrons. The first-order chi connectivity index (χ1) is 9.33. The maximum Gasteiger partial charge on any atom is 0.323 e. The highest BCUT2D eigenvalue weighted by molar-refractivity contribution is 6.12. The third kappa shape index (κ3) is 3.03. The highest BCUT2D eigenvalue weighted by atomic mass is 16.5. The summed E-state index contributed by atoms with van der Waals surface area (Å²) >= 11 is 0. The number of aliphatic carboxylic acids is 1. The number of hydrogen-bond acceptors (Lipinski definition) is 5.